The lowest BCUT2D eigenvalue weighted by atomic mass is 10.1. The Morgan fingerprint density at radius 1 is 1.42 bits per heavy atom. The molecule has 0 radical (unpaired) electrons. The fourth-order valence-corrected chi connectivity index (χ4v) is 2.61. The molecule has 0 spiro atoms. The van der Waals surface area contributed by atoms with Gasteiger partial charge in [0, 0.05) is 12.5 Å². The summed E-state index contributed by atoms with van der Waals surface area (Å²) in [4.78, 5) is 7.65. The summed E-state index contributed by atoms with van der Waals surface area (Å²) in [7, 11) is 0. The SMILES string of the molecule is CC(C)c1nc(C(F)(F)F)c2cnc(N[C@@H]3CCOC[C@H]3O)nn12. The van der Waals surface area contributed by atoms with E-state index >= 15 is 0 Å². The molecule has 1 fully saturated rings. The molecular weight excluding hydrogens is 327 g/mol. The van der Waals surface area contributed by atoms with Gasteiger partial charge < -0.3 is 15.2 Å². The predicted molar refractivity (Wildman–Crippen MR) is 78.7 cm³/mol. The van der Waals surface area contributed by atoms with Gasteiger partial charge in [0.15, 0.2) is 5.69 Å². The monoisotopic (exact) mass is 345 g/mol. The number of alkyl halides is 3. The van der Waals surface area contributed by atoms with Gasteiger partial charge >= 0.3 is 6.18 Å². The minimum atomic E-state index is -4.58. The number of imidazole rings is 1. The van der Waals surface area contributed by atoms with Crippen LogP contribution in [0.25, 0.3) is 5.52 Å². The summed E-state index contributed by atoms with van der Waals surface area (Å²) in [6, 6.07) is -0.315. The molecule has 132 valence electrons. The van der Waals surface area contributed by atoms with Crippen molar-refractivity contribution in [3.63, 3.8) is 0 Å². The minimum absolute atomic E-state index is 0.140. The van der Waals surface area contributed by atoms with Crippen molar-refractivity contribution in [3.05, 3.63) is 17.7 Å². The zero-order valence-corrected chi connectivity index (χ0v) is 13.2. The second kappa shape index (κ2) is 6.17. The topological polar surface area (TPSA) is 84.6 Å². The Hall–Kier alpha value is -1.94. The van der Waals surface area contributed by atoms with Crippen LogP contribution in [0.15, 0.2) is 6.20 Å². The number of anilines is 1. The zero-order valence-electron chi connectivity index (χ0n) is 13.2. The highest BCUT2D eigenvalue weighted by atomic mass is 19.4. The number of hydrogen-bond donors (Lipinski definition) is 2. The summed E-state index contributed by atoms with van der Waals surface area (Å²) in [6.45, 7) is 4.16. The second-order valence-corrected chi connectivity index (χ2v) is 6.03. The van der Waals surface area contributed by atoms with Gasteiger partial charge in [-0.05, 0) is 6.42 Å². The fraction of sp³-hybridized carbons (Fsp3) is 0.643. The first-order valence-electron chi connectivity index (χ1n) is 7.62. The van der Waals surface area contributed by atoms with Crippen molar-refractivity contribution in [2.24, 2.45) is 0 Å². The summed E-state index contributed by atoms with van der Waals surface area (Å²) < 4.78 is 45.7. The van der Waals surface area contributed by atoms with E-state index in [1.54, 1.807) is 13.8 Å². The van der Waals surface area contributed by atoms with Gasteiger partial charge in [-0.15, -0.1) is 5.10 Å². The van der Waals surface area contributed by atoms with Gasteiger partial charge in [0.1, 0.15) is 11.3 Å². The van der Waals surface area contributed by atoms with E-state index in [1.807, 2.05) is 0 Å². The van der Waals surface area contributed by atoms with Crippen LogP contribution in [0.2, 0.25) is 0 Å². The quantitative estimate of drug-likeness (QED) is 0.883. The smallest absolute Gasteiger partial charge is 0.389 e. The molecule has 3 heterocycles. The molecule has 0 amide bonds. The number of hydrogen-bond acceptors (Lipinski definition) is 6. The molecule has 0 bridgehead atoms. The Morgan fingerprint density at radius 3 is 2.79 bits per heavy atom. The van der Waals surface area contributed by atoms with Crippen LogP contribution >= 0.6 is 0 Å². The molecule has 7 nitrogen and oxygen atoms in total. The lowest BCUT2D eigenvalue weighted by Crippen LogP contribution is -2.42. The molecule has 2 aromatic heterocycles. The summed E-state index contributed by atoms with van der Waals surface area (Å²) in [6.07, 6.45) is -3.65. The second-order valence-electron chi connectivity index (χ2n) is 6.03. The Labute approximate surface area is 135 Å². The van der Waals surface area contributed by atoms with Crippen molar-refractivity contribution in [1.82, 2.24) is 19.6 Å². The number of rotatable bonds is 3. The van der Waals surface area contributed by atoms with Gasteiger partial charge in [-0.25, -0.2) is 14.5 Å². The molecule has 10 heteroatoms. The highest BCUT2D eigenvalue weighted by Crippen LogP contribution is 2.33. The van der Waals surface area contributed by atoms with Gasteiger partial charge in [-0.3, -0.25) is 0 Å². The van der Waals surface area contributed by atoms with Crippen LogP contribution in [-0.2, 0) is 10.9 Å². The molecular formula is C14H18F3N5O2. The number of nitrogens with one attached hydrogen (secondary N) is 1. The minimum Gasteiger partial charge on any atom is -0.389 e. The molecule has 0 aromatic carbocycles. The standard InChI is InChI=1S/C14H18F3N5O2/c1-7(2)12-20-11(14(15,16)17)9-5-18-13(21-22(9)12)19-8-3-4-24-6-10(8)23/h5,7-8,10,23H,3-4,6H2,1-2H3,(H,19,21)/t8-,10-/m1/s1. The van der Waals surface area contributed by atoms with Gasteiger partial charge in [0.05, 0.1) is 24.9 Å². The first-order valence-corrected chi connectivity index (χ1v) is 7.62. The maximum Gasteiger partial charge on any atom is 0.435 e. The number of halogens is 3. The highest BCUT2D eigenvalue weighted by molar-refractivity contribution is 5.53. The van der Waals surface area contributed by atoms with Crippen LogP contribution in [0.3, 0.4) is 0 Å². The molecule has 0 unspecified atom stereocenters. The Morgan fingerprint density at radius 2 is 2.17 bits per heavy atom. The lowest BCUT2D eigenvalue weighted by molar-refractivity contribution is -0.139. The van der Waals surface area contributed by atoms with E-state index in [2.05, 4.69) is 20.4 Å². The molecule has 0 saturated carbocycles. The van der Waals surface area contributed by atoms with Crippen molar-refractivity contribution >= 4 is 11.5 Å². The third-order valence-corrected chi connectivity index (χ3v) is 3.84. The van der Waals surface area contributed by atoms with Crippen molar-refractivity contribution in [3.8, 4) is 0 Å². The van der Waals surface area contributed by atoms with E-state index < -0.39 is 18.0 Å². The normalized spacial score (nSPS) is 22.3. The van der Waals surface area contributed by atoms with E-state index in [9.17, 15) is 18.3 Å². The van der Waals surface area contributed by atoms with Crippen LogP contribution in [0, 0.1) is 0 Å². The summed E-state index contributed by atoms with van der Waals surface area (Å²) in [5, 5.41) is 17.0. The first-order chi connectivity index (χ1) is 11.3. The average molecular weight is 345 g/mol. The van der Waals surface area contributed by atoms with E-state index in [4.69, 9.17) is 4.74 Å². The maximum absolute atomic E-state index is 13.1. The van der Waals surface area contributed by atoms with E-state index in [0.29, 0.717) is 13.0 Å². The summed E-state index contributed by atoms with van der Waals surface area (Å²) >= 11 is 0. The van der Waals surface area contributed by atoms with Crippen molar-refractivity contribution in [1.29, 1.82) is 0 Å². The molecule has 0 aliphatic carbocycles. The summed E-state index contributed by atoms with van der Waals surface area (Å²) in [5.41, 5.74) is -1.19. The molecule has 2 atom stereocenters. The zero-order chi connectivity index (χ0) is 17.5. The van der Waals surface area contributed by atoms with Crippen LogP contribution in [0.1, 0.15) is 37.7 Å². The molecule has 1 saturated heterocycles. The third-order valence-electron chi connectivity index (χ3n) is 3.84. The van der Waals surface area contributed by atoms with Crippen LogP contribution in [-0.4, -0.2) is 50.0 Å². The molecule has 3 rings (SSSR count). The van der Waals surface area contributed by atoms with E-state index in [-0.39, 0.29) is 35.9 Å². The Kier molecular flexibility index (Phi) is 4.35. The van der Waals surface area contributed by atoms with Crippen molar-refractivity contribution < 1.29 is 23.0 Å². The molecule has 2 N–H and O–H groups in total. The van der Waals surface area contributed by atoms with Crippen LogP contribution in [0.5, 0.6) is 0 Å². The van der Waals surface area contributed by atoms with E-state index in [1.165, 1.54) is 0 Å². The summed E-state index contributed by atoms with van der Waals surface area (Å²) in [5.74, 6) is 0.0989. The van der Waals surface area contributed by atoms with Gasteiger partial charge in [0.25, 0.3) is 0 Å². The number of nitrogens with zero attached hydrogens (tertiary/aromatic N) is 4. The Balaban J connectivity index is 1.99. The molecule has 24 heavy (non-hydrogen) atoms. The largest absolute Gasteiger partial charge is 0.435 e. The number of aliphatic hydroxyl groups excluding tert-OH is 1. The van der Waals surface area contributed by atoms with Gasteiger partial charge in [-0.1, -0.05) is 13.8 Å². The van der Waals surface area contributed by atoms with E-state index in [0.717, 1.165) is 10.7 Å². The Bertz CT molecular complexity index is 731. The number of fused-ring (bicyclic) bond motifs is 1. The lowest BCUT2D eigenvalue weighted by Gasteiger charge is -2.28. The third kappa shape index (κ3) is 3.16. The predicted octanol–water partition coefficient (Wildman–Crippen LogP) is 1.83. The molecule has 2 aromatic rings. The van der Waals surface area contributed by atoms with Crippen LogP contribution in [0.4, 0.5) is 19.1 Å². The highest BCUT2D eigenvalue weighted by Gasteiger charge is 2.38. The van der Waals surface area contributed by atoms with Crippen molar-refractivity contribution in [2.45, 2.75) is 44.5 Å². The van der Waals surface area contributed by atoms with Crippen molar-refractivity contribution in [2.75, 3.05) is 18.5 Å². The number of aromatic nitrogens is 4. The number of ether oxygens (including phenoxy) is 1. The average Bonchev–Trinajstić information content (AvgIpc) is 2.89. The fourth-order valence-electron chi connectivity index (χ4n) is 2.61. The first kappa shape index (κ1) is 16.9. The van der Waals surface area contributed by atoms with Gasteiger partial charge in [0.2, 0.25) is 5.95 Å². The molecule has 1 aliphatic rings. The molecule has 1 aliphatic heterocycles. The maximum atomic E-state index is 13.1. The number of aliphatic hydroxyl groups is 1. The van der Waals surface area contributed by atoms with Gasteiger partial charge in [-0.2, -0.15) is 13.2 Å². The van der Waals surface area contributed by atoms with Crippen LogP contribution < -0.4 is 5.32 Å².